The number of nitrogens with zero attached hydrogens (tertiary/aromatic N) is 2. The highest BCUT2D eigenvalue weighted by atomic mass is 19.2. The smallest absolute Gasteiger partial charge is 0.301 e. The van der Waals surface area contributed by atoms with Gasteiger partial charge in [0.15, 0.2) is 23.3 Å². The Kier molecular flexibility index (Phi) is 6.43. The summed E-state index contributed by atoms with van der Waals surface area (Å²) in [6.45, 7) is 0.508. The number of nitro groups is 1. The fourth-order valence-corrected chi connectivity index (χ4v) is 3.99. The Morgan fingerprint density at radius 3 is 2.59 bits per heavy atom. The Bertz CT molecular complexity index is 823. The maximum absolute atomic E-state index is 13.8. The Morgan fingerprint density at radius 2 is 1.93 bits per heavy atom. The van der Waals surface area contributed by atoms with Gasteiger partial charge in [0.05, 0.1) is 17.7 Å². The minimum atomic E-state index is -1.41. The van der Waals surface area contributed by atoms with E-state index in [1.165, 1.54) is 18.3 Å². The van der Waals surface area contributed by atoms with Crippen LogP contribution in [0.25, 0.3) is 0 Å². The molecule has 1 unspecified atom stereocenters. The molecule has 2 aliphatic rings. The Balaban J connectivity index is 1.74. The molecule has 158 valence electrons. The summed E-state index contributed by atoms with van der Waals surface area (Å²) in [5.41, 5.74) is 10.6. The van der Waals surface area contributed by atoms with Crippen LogP contribution >= 0.6 is 0 Å². The second kappa shape index (κ2) is 8.83. The zero-order chi connectivity index (χ0) is 21.0. The number of hydrogen-bond donors (Lipinski definition) is 4. The lowest BCUT2D eigenvalue weighted by molar-refractivity contribution is -0.437. The van der Waals surface area contributed by atoms with Crippen LogP contribution in [0, 0.1) is 33.6 Å². The lowest BCUT2D eigenvalue weighted by atomic mass is 9.77. The molecule has 0 aromatic heterocycles. The van der Waals surface area contributed by atoms with Crippen LogP contribution in [0.4, 0.5) is 8.78 Å². The van der Waals surface area contributed by atoms with E-state index in [2.05, 4.69) is 15.6 Å². The zero-order valence-corrected chi connectivity index (χ0v) is 16.0. The van der Waals surface area contributed by atoms with Crippen LogP contribution in [-0.2, 0) is 6.54 Å². The number of halogens is 2. The van der Waals surface area contributed by atoms with E-state index in [-0.39, 0.29) is 29.7 Å². The first kappa shape index (κ1) is 21.1. The third kappa shape index (κ3) is 4.88. The number of nitrogens with two attached hydrogens (primary N) is 2. The fourth-order valence-electron chi connectivity index (χ4n) is 3.99. The van der Waals surface area contributed by atoms with Gasteiger partial charge in [-0.15, -0.1) is 0 Å². The summed E-state index contributed by atoms with van der Waals surface area (Å²) >= 11 is 0. The third-order valence-electron chi connectivity index (χ3n) is 5.69. The van der Waals surface area contributed by atoms with Crippen LogP contribution in [0.5, 0.6) is 0 Å². The van der Waals surface area contributed by atoms with Crippen molar-refractivity contribution in [3.8, 4) is 0 Å². The quantitative estimate of drug-likeness (QED) is 0.420. The molecule has 3 rings (SSSR count). The Morgan fingerprint density at radius 1 is 1.24 bits per heavy atom. The van der Waals surface area contributed by atoms with Crippen molar-refractivity contribution in [2.24, 2.45) is 28.3 Å². The standard InChI is InChI=1S/C19H26F2N6O2/c20-15-3-1-2-14(17(15)21)10-24-18-25-11-16(27(28)29)19(23,26-18)8-12-4-6-13(9-22)7-5-12/h1-3,11-13H,4-10,22-23H2,(H2,24,25,26). The molecule has 1 aromatic rings. The van der Waals surface area contributed by atoms with Crippen molar-refractivity contribution in [2.45, 2.75) is 44.3 Å². The molecule has 0 bridgehead atoms. The second-order valence-corrected chi connectivity index (χ2v) is 7.73. The van der Waals surface area contributed by atoms with Crippen molar-refractivity contribution in [1.29, 1.82) is 0 Å². The summed E-state index contributed by atoms with van der Waals surface area (Å²) in [7, 11) is 0. The molecule has 29 heavy (non-hydrogen) atoms. The number of hydrogen-bond acceptors (Lipinski definition) is 5. The van der Waals surface area contributed by atoms with E-state index < -0.39 is 22.2 Å². The minimum absolute atomic E-state index is 0.0767. The van der Waals surface area contributed by atoms with Crippen molar-refractivity contribution in [1.82, 2.24) is 10.6 Å². The molecule has 6 N–H and O–H groups in total. The summed E-state index contributed by atoms with van der Waals surface area (Å²) in [5, 5.41) is 17.1. The highest BCUT2D eigenvalue weighted by Gasteiger charge is 2.44. The number of aliphatic imine (C=N–C) groups is 1. The molecule has 8 nitrogen and oxygen atoms in total. The molecule has 1 saturated carbocycles. The average Bonchev–Trinajstić information content (AvgIpc) is 2.69. The molecule has 0 amide bonds. The Labute approximate surface area is 167 Å². The van der Waals surface area contributed by atoms with Gasteiger partial charge in [-0.25, -0.2) is 13.8 Å². The summed E-state index contributed by atoms with van der Waals surface area (Å²) in [4.78, 5) is 15.2. The number of nitrogens with one attached hydrogen (secondary N) is 2. The van der Waals surface area contributed by atoms with Gasteiger partial charge in [-0.2, -0.15) is 0 Å². The first-order valence-electron chi connectivity index (χ1n) is 9.68. The molecule has 0 saturated heterocycles. The van der Waals surface area contributed by atoms with Gasteiger partial charge in [0.2, 0.25) is 0 Å². The van der Waals surface area contributed by atoms with E-state index in [0.29, 0.717) is 18.9 Å². The van der Waals surface area contributed by atoms with Crippen LogP contribution in [0.15, 0.2) is 35.1 Å². The lowest BCUT2D eigenvalue weighted by Crippen LogP contribution is -2.64. The van der Waals surface area contributed by atoms with Gasteiger partial charge in [0.1, 0.15) is 0 Å². The highest BCUT2D eigenvalue weighted by Crippen LogP contribution is 2.34. The van der Waals surface area contributed by atoms with E-state index in [1.807, 2.05) is 0 Å². The molecular weight excluding hydrogens is 382 g/mol. The lowest BCUT2D eigenvalue weighted by Gasteiger charge is -2.37. The van der Waals surface area contributed by atoms with Crippen LogP contribution in [0.1, 0.15) is 37.7 Å². The van der Waals surface area contributed by atoms with Gasteiger partial charge in [0.25, 0.3) is 0 Å². The van der Waals surface area contributed by atoms with Gasteiger partial charge in [-0.3, -0.25) is 15.8 Å². The number of rotatable bonds is 6. The third-order valence-corrected chi connectivity index (χ3v) is 5.69. The highest BCUT2D eigenvalue weighted by molar-refractivity contribution is 5.83. The predicted octanol–water partition coefficient (Wildman–Crippen LogP) is 1.94. The second-order valence-electron chi connectivity index (χ2n) is 7.73. The molecule has 1 fully saturated rings. The van der Waals surface area contributed by atoms with Crippen molar-refractivity contribution in [2.75, 3.05) is 6.54 Å². The topological polar surface area (TPSA) is 132 Å². The van der Waals surface area contributed by atoms with Gasteiger partial charge >= 0.3 is 5.70 Å². The molecule has 1 atom stereocenters. The van der Waals surface area contributed by atoms with Gasteiger partial charge in [0, 0.05) is 5.56 Å². The molecule has 1 aliphatic heterocycles. The predicted molar refractivity (Wildman–Crippen MR) is 105 cm³/mol. The molecule has 0 radical (unpaired) electrons. The molecule has 10 heteroatoms. The van der Waals surface area contributed by atoms with Crippen molar-refractivity contribution >= 4 is 5.96 Å². The molecule has 1 aliphatic carbocycles. The zero-order valence-electron chi connectivity index (χ0n) is 16.0. The summed E-state index contributed by atoms with van der Waals surface area (Å²) in [6, 6.07) is 3.85. The van der Waals surface area contributed by atoms with Crippen molar-refractivity contribution in [3.63, 3.8) is 0 Å². The molecule has 1 heterocycles. The maximum atomic E-state index is 13.8. The van der Waals surface area contributed by atoms with E-state index >= 15 is 0 Å². The van der Waals surface area contributed by atoms with Crippen molar-refractivity contribution in [3.05, 3.63) is 57.4 Å². The van der Waals surface area contributed by atoms with E-state index in [4.69, 9.17) is 11.5 Å². The van der Waals surface area contributed by atoms with Gasteiger partial charge in [-0.05, 0) is 56.6 Å². The normalized spacial score (nSPS) is 28.4. The SMILES string of the molecule is NCC1CCC(CC2(N)NC(=NCc3cccc(F)c3F)NC=C2[N+](=O)[O-])CC1. The number of guanidine groups is 1. The molecule has 0 spiro atoms. The van der Waals surface area contributed by atoms with E-state index in [1.54, 1.807) is 0 Å². The summed E-state index contributed by atoms with van der Waals surface area (Å²) in [5.74, 6) is -1.03. The minimum Gasteiger partial charge on any atom is -0.330 e. The summed E-state index contributed by atoms with van der Waals surface area (Å²) < 4.78 is 27.2. The van der Waals surface area contributed by atoms with Gasteiger partial charge < -0.3 is 16.4 Å². The van der Waals surface area contributed by atoms with Crippen LogP contribution in [-0.4, -0.2) is 23.1 Å². The maximum Gasteiger partial charge on any atom is 0.301 e. The molecule has 1 aromatic carbocycles. The number of benzene rings is 1. The first-order valence-corrected chi connectivity index (χ1v) is 9.68. The van der Waals surface area contributed by atoms with Crippen molar-refractivity contribution < 1.29 is 13.7 Å². The summed E-state index contributed by atoms with van der Waals surface area (Å²) in [6.07, 6.45) is 5.35. The molecular formula is C19H26F2N6O2. The Hall–Kier alpha value is -2.59. The monoisotopic (exact) mass is 408 g/mol. The van der Waals surface area contributed by atoms with Crippen LogP contribution < -0.4 is 22.1 Å². The van der Waals surface area contributed by atoms with Crippen LogP contribution in [0.3, 0.4) is 0 Å². The van der Waals surface area contributed by atoms with E-state index in [0.717, 1.165) is 31.7 Å². The fraction of sp³-hybridized carbons (Fsp3) is 0.526. The van der Waals surface area contributed by atoms with Gasteiger partial charge in [-0.1, -0.05) is 12.1 Å². The van der Waals surface area contributed by atoms with E-state index in [9.17, 15) is 18.9 Å². The largest absolute Gasteiger partial charge is 0.330 e. The van der Waals surface area contributed by atoms with Crippen LogP contribution in [0.2, 0.25) is 0 Å². The average molecular weight is 408 g/mol. The first-order chi connectivity index (χ1) is 13.8.